The van der Waals surface area contributed by atoms with E-state index in [0.717, 1.165) is 30.7 Å². The van der Waals surface area contributed by atoms with Crippen molar-refractivity contribution in [1.29, 1.82) is 0 Å². The minimum Gasteiger partial charge on any atom is -0.381 e. The van der Waals surface area contributed by atoms with Crippen LogP contribution in [0.2, 0.25) is 0 Å². The maximum Gasteiger partial charge on any atom is 0.0488 e. The summed E-state index contributed by atoms with van der Waals surface area (Å²) >= 11 is 3.50. The van der Waals surface area contributed by atoms with Crippen LogP contribution >= 0.6 is 15.9 Å². The van der Waals surface area contributed by atoms with Gasteiger partial charge < -0.3 is 10.1 Å². The lowest BCUT2D eigenvalue weighted by Gasteiger charge is -2.20. The molecule has 3 heteroatoms. The molecule has 0 aliphatic rings. The van der Waals surface area contributed by atoms with Crippen molar-refractivity contribution in [3.63, 3.8) is 0 Å². The first-order valence-electron chi connectivity index (χ1n) is 7.55. The zero-order valence-corrected chi connectivity index (χ0v) is 14.7. The van der Waals surface area contributed by atoms with Gasteiger partial charge in [-0.25, -0.2) is 0 Å². The van der Waals surface area contributed by atoms with Crippen LogP contribution in [0.5, 0.6) is 0 Å². The third-order valence-electron chi connectivity index (χ3n) is 3.18. The van der Waals surface area contributed by atoms with E-state index in [1.165, 1.54) is 5.56 Å². The fourth-order valence-corrected chi connectivity index (χ4v) is 2.31. The highest BCUT2D eigenvalue weighted by molar-refractivity contribution is 9.10. The zero-order chi connectivity index (χ0) is 15.0. The quantitative estimate of drug-likeness (QED) is 0.663. The molecule has 0 spiro atoms. The van der Waals surface area contributed by atoms with Gasteiger partial charge in [-0.2, -0.15) is 0 Å². The molecular formula is C17H28BrNO. The molecule has 2 nitrogen and oxygen atoms in total. The van der Waals surface area contributed by atoms with Crippen molar-refractivity contribution in [2.75, 3.05) is 19.8 Å². The summed E-state index contributed by atoms with van der Waals surface area (Å²) in [5.41, 5.74) is 1.38. The van der Waals surface area contributed by atoms with Crippen molar-refractivity contribution in [2.24, 2.45) is 5.92 Å². The van der Waals surface area contributed by atoms with E-state index in [2.05, 4.69) is 73.2 Å². The fraction of sp³-hybridized carbons (Fsp3) is 0.647. The first-order valence-corrected chi connectivity index (χ1v) is 8.35. The van der Waals surface area contributed by atoms with Crippen LogP contribution in [-0.4, -0.2) is 25.8 Å². The van der Waals surface area contributed by atoms with Gasteiger partial charge >= 0.3 is 0 Å². The van der Waals surface area contributed by atoms with Crippen LogP contribution in [0.15, 0.2) is 28.7 Å². The third kappa shape index (κ3) is 7.41. The van der Waals surface area contributed by atoms with Gasteiger partial charge in [-0.3, -0.25) is 0 Å². The van der Waals surface area contributed by atoms with Crippen LogP contribution in [0, 0.1) is 5.92 Å². The van der Waals surface area contributed by atoms with E-state index in [-0.39, 0.29) is 0 Å². The van der Waals surface area contributed by atoms with Crippen molar-refractivity contribution in [2.45, 2.75) is 46.1 Å². The van der Waals surface area contributed by atoms with E-state index in [9.17, 15) is 0 Å². The smallest absolute Gasteiger partial charge is 0.0488 e. The highest BCUT2D eigenvalue weighted by Gasteiger charge is 2.12. The SMILES string of the molecule is CC(C)COCCC(CNC(C)C)c1ccc(Br)cc1. The minimum atomic E-state index is 0.512. The number of hydrogen-bond donors (Lipinski definition) is 1. The Morgan fingerprint density at radius 1 is 1.10 bits per heavy atom. The summed E-state index contributed by atoms with van der Waals surface area (Å²) in [5, 5.41) is 3.54. The third-order valence-corrected chi connectivity index (χ3v) is 3.70. The standard InChI is InChI=1S/C17H28BrNO/c1-13(2)12-20-10-9-16(11-19-14(3)4)15-5-7-17(18)8-6-15/h5-8,13-14,16,19H,9-12H2,1-4H3. The molecule has 20 heavy (non-hydrogen) atoms. The molecule has 0 saturated carbocycles. The van der Waals surface area contributed by atoms with Gasteiger partial charge in [0.15, 0.2) is 0 Å². The second kappa shape index (κ2) is 9.54. The molecule has 1 N–H and O–H groups in total. The summed E-state index contributed by atoms with van der Waals surface area (Å²) in [7, 11) is 0. The second-order valence-corrected chi connectivity index (χ2v) is 6.98. The molecule has 0 fully saturated rings. The molecule has 0 saturated heterocycles. The Balaban J connectivity index is 2.53. The van der Waals surface area contributed by atoms with Crippen LogP contribution in [0.4, 0.5) is 0 Å². The lowest BCUT2D eigenvalue weighted by atomic mass is 9.96. The number of benzene rings is 1. The average Bonchev–Trinajstić information content (AvgIpc) is 2.38. The number of ether oxygens (including phenoxy) is 1. The number of halogens is 1. The van der Waals surface area contributed by atoms with Crippen LogP contribution in [0.3, 0.4) is 0 Å². The summed E-state index contributed by atoms with van der Waals surface area (Å²) in [6, 6.07) is 9.17. The first-order chi connectivity index (χ1) is 9.49. The Morgan fingerprint density at radius 3 is 2.30 bits per heavy atom. The van der Waals surface area contributed by atoms with E-state index >= 15 is 0 Å². The molecule has 0 heterocycles. The van der Waals surface area contributed by atoms with E-state index in [0.29, 0.717) is 17.9 Å². The molecule has 1 atom stereocenters. The first kappa shape index (κ1) is 17.7. The van der Waals surface area contributed by atoms with Crippen molar-refractivity contribution in [3.05, 3.63) is 34.3 Å². The molecule has 0 bridgehead atoms. The maximum absolute atomic E-state index is 5.74. The normalized spacial score (nSPS) is 13.2. The predicted molar refractivity (Wildman–Crippen MR) is 90.3 cm³/mol. The Kier molecular flexibility index (Phi) is 8.43. The number of hydrogen-bond acceptors (Lipinski definition) is 2. The van der Waals surface area contributed by atoms with E-state index < -0.39 is 0 Å². The van der Waals surface area contributed by atoms with Gasteiger partial charge in [0.2, 0.25) is 0 Å². The molecule has 0 aromatic heterocycles. The fourth-order valence-electron chi connectivity index (χ4n) is 2.04. The topological polar surface area (TPSA) is 21.3 Å². The van der Waals surface area contributed by atoms with Crippen LogP contribution in [-0.2, 0) is 4.74 Å². The predicted octanol–water partition coefficient (Wildman–Crippen LogP) is 4.59. The zero-order valence-electron chi connectivity index (χ0n) is 13.2. The maximum atomic E-state index is 5.74. The molecule has 1 aromatic carbocycles. The largest absolute Gasteiger partial charge is 0.381 e. The van der Waals surface area contributed by atoms with Crippen LogP contribution in [0.1, 0.15) is 45.6 Å². The van der Waals surface area contributed by atoms with Gasteiger partial charge in [-0.15, -0.1) is 0 Å². The van der Waals surface area contributed by atoms with E-state index in [4.69, 9.17) is 4.74 Å². The molecule has 114 valence electrons. The molecule has 0 radical (unpaired) electrons. The van der Waals surface area contributed by atoms with Crippen molar-refractivity contribution in [3.8, 4) is 0 Å². The summed E-state index contributed by atoms with van der Waals surface area (Å²) < 4.78 is 6.87. The monoisotopic (exact) mass is 341 g/mol. The molecular weight excluding hydrogens is 314 g/mol. The molecule has 1 aromatic rings. The van der Waals surface area contributed by atoms with Crippen molar-refractivity contribution >= 4 is 15.9 Å². The van der Waals surface area contributed by atoms with Crippen LogP contribution < -0.4 is 5.32 Å². The summed E-state index contributed by atoms with van der Waals surface area (Å²) in [6.07, 6.45) is 1.06. The Morgan fingerprint density at radius 2 is 1.75 bits per heavy atom. The highest BCUT2D eigenvalue weighted by Crippen LogP contribution is 2.21. The summed E-state index contributed by atoms with van der Waals surface area (Å²) in [4.78, 5) is 0. The van der Waals surface area contributed by atoms with Gasteiger partial charge in [0, 0.05) is 30.3 Å². The van der Waals surface area contributed by atoms with E-state index in [1.807, 2.05) is 0 Å². The summed E-state index contributed by atoms with van der Waals surface area (Å²) in [5.74, 6) is 1.12. The van der Waals surface area contributed by atoms with Gasteiger partial charge in [-0.1, -0.05) is 55.8 Å². The second-order valence-electron chi connectivity index (χ2n) is 6.07. The number of rotatable bonds is 9. The van der Waals surface area contributed by atoms with Gasteiger partial charge in [0.1, 0.15) is 0 Å². The van der Waals surface area contributed by atoms with E-state index in [1.54, 1.807) is 0 Å². The lowest BCUT2D eigenvalue weighted by Crippen LogP contribution is -2.28. The highest BCUT2D eigenvalue weighted by atomic mass is 79.9. The van der Waals surface area contributed by atoms with Crippen LogP contribution in [0.25, 0.3) is 0 Å². The molecule has 1 rings (SSSR count). The van der Waals surface area contributed by atoms with Crippen molar-refractivity contribution < 1.29 is 4.74 Å². The Labute approximate surface area is 132 Å². The van der Waals surface area contributed by atoms with Gasteiger partial charge in [0.25, 0.3) is 0 Å². The minimum absolute atomic E-state index is 0.512. The Bertz CT molecular complexity index is 362. The molecule has 0 aliphatic carbocycles. The van der Waals surface area contributed by atoms with Crippen molar-refractivity contribution in [1.82, 2.24) is 5.32 Å². The Hall–Kier alpha value is -0.380. The lowest BCUT2D eigenvalue weighted by molar-refractivity contribution is 0.103. The van der Waals surface area contributed by atoms with Gasteiger partial charge in [-0.05, 0) is 36.0 Å². The van der Waals surface area contributed by atoms with Gasteiger partial charge in [0.05, 0.1) is 0 Å². The molecule has 0 aliphatic heterocycles. The molecule has 0 amide bonds. The molecule has 1 unspecified atom stereocenters. The summed E-state index contributed by atoms with van der Waals surface area (Å²) in [6.45, 7) is 11.4. The average molecular weight is 342 g/mol. The number of nitrogens with one attached hydrogen (secondary N) is 1.